The van der Waals surface area contributed by atoms with E-state index < -0.39 is 8.07 Å². The second kappa shape index (κ2) is 8.02. The van der Waals surface area contributed by atoms with Crippen LogP contribution in [0.25, 0.3) is 21.9 Å². The van der Waals surface area contributed by atoms with Crippen LogP contribution in [0.2, 0.25) is 13.1 Å². The van der Waals surface area contributed by atoms with E-state index >= 15 is 0 Å². The van der Waals surface area contributed by atoms with Crippen molar-refractivity contribution in [3.05, 3.63) is 124 Å². The molecule has 1 unspecified atom stereocenters. The molecule has 4 aromatic carbocycles. The molecule has 0 N–H and O–H groups in total. The fourth-order valence-electron chi connectivity index (χ4n) is 7.06. The maximum absolute atomic E-state index is 3.78. The maximum atomic E-state index is 3.78. The first-order chi connectivity index (χ1) is 16.5. The van der Waals surface area contributed by atoms with Gasteiger partial charge < -0.3 is 4.90 Å². The summed E-state index contributed by atoms with van der Waals surface area (Å²) in [6.45, 7) is 7.37. The Morgan fingerprint density at radius 3 is 1.89 bits per heavy atom. The normalized spacial score (nSPS) is 17.5. The molecule has 3 heteroatoms. The quantitative estimate of drug-likeness (QED) is 0.183. The number of hydrogen-bond donors (Lipinski definition) is 0. The number of likely N-dealkylation sites (N-methyl/N-ethyl adjacent to an activating group) is 1. The fourth-order valence-corrected chi connectivity index (χ4v) is 11.3. The van der Waals surface area contributed by atoms with E-state index in [1.165, 1.54) is 55.8 Å². The maximum Gasteiger partial charge on any atom is 0.0831 e. The van der Waals surface area contributed by atoms with E-state index in [4.69, 9.17) is 0 Å². The van der Waals surface area contributed by atoms with E-state index in [1.54, 1.807) is 5.20 Å². The molecule has 1 nitrogen and oxygen atoms in total. The van der Waals surface area contributed by atoms with Crippen LogP contribution in [0.4, 0.5) is 5.69 Å². The third kappa shape index (κ3) is 3.01. The number of anilines is 1. The van der Waals surface area contributed by atoms with Gasteiger partial charge in [-0.15, -0.1) is 29.3 Å². The van der Waals surface area contributed by atoms with Crippen LogP contribution in [0.3, 0.4) is 0 Å². The van der Waals surface area contributed by atoms with Gasteiger partial charge in [0, 0.05) is 37.8 Å². The van der Waals surface area contributed by atoms with Crippen LogP contribution in [-0.4, -0.2) is 15.1 Å². The summed E-state index contributed by atoms with van der Waals surface area (Å²) in [7, 11) is 0.199. The van der Waals surface area contributed by atoms with Crippen LogP contribution < -0.4 is 4.90 Å². The average Bonchev–Trinajstić information content (AvgIpc) is 3.46. The van der Waals surface area contributed by atoms with E-state index in [0.717, 1.165) is 0 Å². The van der Waals surface area contributed by atoms with Gasteiger partial charge in [0.25, 0.3) is 0 Å². The van der Waals surface area contributed by atoms with Crippen molar-refractivity contribution in [2.75, 3.05) is 11.9 Å². The minimum absolute atomic E-state index is 0. The predicted molar refractivity (Wildman–Crippen MR) is 146 cm³/mol. The zero-order valence-electron chi connectivity index (χ0n) is 20.7. The first-order valence-electron chi connectivity index (χ1n) is 12.3. The monoisotopic (exact) mass is 544 g/mol. The number of fused-ring (bicyclic) bond motifs is 8. The van der Waals surface area contributed by atoms with Gasteiger partial charge in [-0.05, 0) is 46.1 Å². The summed E-state index contributed by atoms with van der Waals surface area (Å²) in [5.74, 6) is 0. The molecular formula is C32H28NSiZr-. The summed E-state index contributed by atoms with van der Waals surface area (Å²) < 4.78 is 0. The smallest absolute Gasteiger partial charge is 0.0831 e. The molecule has 7 rings (SSSR count). The SMILES string of the molecule is Cc1[c-]c2c(cc1)N(C)C1C2=C([Si](C)(C)C2c3ccccc3-c3ccccc32)c2ccccc21.[Zr]. The molecule has 0 radical (unpaired) electrons. The molecule has 0 bridgehead atoms. The molecule has 0 amide bonds. The van der Waals surface area contributed by atoms with Crippen molar-refractivity contribution in [2.45, 2.75) is 31.6 Å². The standard InChI is InChI=1S/C32H28NSi.Zr/c1-20-17-18-28-27(19-20)29-30(33(28)2)23-13-7-10-16-26(23)32(29)34(3,4)31-24-14-8-5-11-21(24)22-12-6-9-15-25(22)31;/h5-18,30-31H,1-4H3;/q-1;. The van der Waals surface area contributed by atoms with Crippen molar-refractivity contribution in [1.82, 2.24) is 0 Å². The van der Waals surface area contributed by atoms with E-state index in [-0.39, 0.29) is 32.2 Å². The minimum atomic E-state index is -2.06. The van der Waals surface area contributed by atoms with Gasteiger partial charge >= 0.3 is 0 Å². The minimum Gasteiger partial charge on any atom is -0.410 e. The van der Waals surface area contributed by atoms with Crippen molar-refractivity contribution >= 4 is 24.5 Å². The van der Waals surface area contributed by atoms with Crippen molar-refractivity contribution in [3.8, 4) is 11.1 Å². The van der Waals surface area contributed by atoms with Gasteiger partial charge in [0.05, 0.1) is 8.07 Å². The van der Waals surface area contributed by atoms with Gasteiger partial charge in [0.2, 0.25) is 0 Å². The molecule has 4 aromatic rings. The third-order valence-electron chi connectivity index (χ3n) is 8.37. The Hall–Kier alpha value is -2.48. The van der Waals surface area contributed by atoms with Crippen molar-refractivity contribution in [3.63, 3.8) is 0 Å². The number of aryl methyl sites for hydroxylation is 1. The van der Waals surface area contributed by atoms with Crippen LogP contribution in [0.5, 0.6) is 0 Å². The van der Waals surface area contributed by atoms with Crippen LogP contribution in [0.1, 0.15) is 45.0 Å². The Morgan fingerprint density at radius 2 is 1.26 bits per heavy atom. The van der Waals surface area contributed by atoms with E-state index in [1.807, 2.05) is 0 Å². The molecule has 0 spiro atoms. The van der Waals surface area contributed by atoms with Crippen LogP contribution >= 0.6 is 0 Å². The Kier molecular flexibility index (Phi) is 5.26. The second-order valence-corrected chi connectivity index (χ2v) is 15.1. The summed E-state index contributed by atoms with van der Waals surface area (Å²) >= 11 is 0. The summed E-state index contributed by atoms with van der Waals surface area (Å²) in [4.78, 5) is 2.48. The Morgan fingerprint density at radius 1 is 0.714 bits per heavy atom. The first-order valence-corrected chi connectivity index (χ1v) is 15.3. The van der Waals surface area contributed by atoms with Gasteiger partial charge in [-0.1, -0.05) is 104 Å². The third-order valence-corrected chi connectivity index (χ3v) is 12.3. The van der Waals surface area contributed by atoms with Crippen LogP contribution in [-0.2, 0) is 26.2 Å². The molecule has 0 saturated carbocycles. The van der Waals surface area contributed by atoms with Gasteiger partial charge in [0.1, 0.15) is 0 Å². The molecule has 0 fully saturated rings. The van der Waals surface area contributed by atoms with E-state index in [0.29, 0.717) is 5.54 Å². The predicted octanol–water partition coefficient (Wildman–Crippen LogP) is 7.81. The summed E-state index contributed by atoms with van der Waals surface area (Å²) in [6, 6.07) is 35.9. The van der Waals surface area contributed by atoms with Gasteiger partial charge in [-0.2, -0.15) is 0 Å². The number of rotatable bonds is 2. The molecule has 3 aliphatic rings. The topological polar surface area (TPSA) is 3.24 Å². The Balaban J connectivity index is 0.00000229. The fraction of sp³-hybridized carbons (Fsp3) is 0.188. The van der Waals surface area contributed by atoms with Crippen molar-refractivity contribution in [2.24, 2.45) is 0 Å². The Bertz CT molecular complexity index is 1490. The molecule has 1 aliphatic heterocycles. The number of benzene rings is 4. The van der Waals surface area contributed by atoms with Gasteiger partial charge in [-0.25, -0.2) is 0 Å². The second-order valence-electron chi connectivity index (χ2n) is 10.6. The van der Waals surface area contributed by atoms with Gasteiger partial charge in [-0.3, -0.25) is 0 Å². The molecule has 1 atom stereocenters. The van der Waals surface area contributed by atoms with Crippen LogP contribution in [0, 0.1) is 13.0 Å². The van der Waals surface area contributed by atoms with Crippen LogP contribution in [0.15, 0.2) is 84.9 Å². The average molecular weight is 546 g/mol. The zero-order chi connectivity index (χ0) is 23.2. The van der Waals surface area contributed by atoms with E-state index in [2.05, 4.69) is 123 Å². The number of hydrogen-bond acceptors (Lipinski definition) is 1. The van der Waals surface area contributed by atoms with E-state index in [9.17, 15) is 0 Å². The molecular weight excluding hydrogens is 518 g/mol. The molecule has 35 heavy (non-hydrogen) atoms. The molecule has 0 aromatic heterocycles. The zero-order valence-corrected chi connectivity index (χ0v) is 24.1. The van der Waals surface area contributed by atoms with Crippen molar-refractivity contribution in [1.29, 1.82) is 0 Å². The summed E-state index contributed by atoms with van der Waals surface area (Å²) in [6.07, 6.45) is 0. The summed E-state index contributed by atoms with van der Waals surface area (Å²) in [5, 5.41) is 1.62. The first kappa shape index (κ1) is 23.0. The van der Waals surface area contributed by atoms with Crippen molar-refractivity contribution < 1.29 is 26.2 Å². The molecule has 2 aliphatic carbocycles. The molecule has 0 saturated heterocycles. The molecule has 170 valence electrons. The summed E-state index contributed by atoms with van der Waals surface area (Å²) in [5.41, 5.74) is 14.6. The molecule has 1 heterocycles. The Labute approximate surface area is 228 Å². The van der Waals surface area contributed by atoms with Gasteiger partial charge in [0.15, 0.2) is 0 Å². The number of nitrogens with zero attached hydrogens (tertiary/aromatic N) is 1. The largest absolute Gasteiger partial charge is 0.410 e.